The van der Waals surface area contributed by atoms with Gasteiger partial charge >= 0.3 is 35.8 Å². The molecule has 0 aliphatic heterocycles. The van der Waals surface area contributed by atoms with Crippen molar-refractivity contribution in [3.05, 3.63) is 97.6 Å². The maximum Gasteiger partial charge on any atom is 0.333 e. The van der Waals surface area contributed by atoms with Gasteiger partial charge in [-0.1, -0.05) is 26.3 Å². The van der Waals surface area contributed by atoms with Crippen molar-refractivity contribution in [3.63, 3.8) is 0 Å². The summed E-state index contributed by atoms with van der Waals surface area (Å²) in [6.07, 6.45) is 11.9. The molecular formula is C61H78N4O22. The molecule has 0 spiro atoms. The van der Waals surface area contributed by atoms with Gasteiger partial charge in [-0.2, -0.15) is 0 Å². The number of rotatable bonds is 44. The zero-order chi connectivity index (χ0) is 64.3. The van der Waals surface area contributed by atoms with Crippen LogP contribution in [0.2, 0.25) is 0 Å². The van der Waals surface area contributed by atoms with Crippen molar-refractivity contribution in [3.8, 4) is 71.6 Å². The molecule has 0 saturated carbocycles. The average molecular weight is 1220 g/mol. The van der Waals surface area contributed by atoms with Crippen molar-refractivity contribution < 1.29 is 105 Å². The van der Waals surface area contributed by atoms with Crippen molar-refractivity contribution >= 4 is 35.8 Å². The number of esters is 6. The number of hydrogen-bond acceptors (Lipinski definition) is 26. The SMILES string of the molecule is C=C(C)C(=O)OC(C)COCCCOCC(C)OC(=O)CCc1cc(OC#CN)cc(OC#CN)c1.C=CC(=O)OCCOCC(OCCOC(=O)C=C)C(CCOCCOC(=O)CCc1cc(OC#CN)cc(OC#CN)c1)OCCOC(=O)C=C. The quantitative estimate of drug-likeness (QED) is 0.0185. The first-order valence-electron chi connectivity index (χ1n) is 26.9. The smallest absolute Gasteiger partial charge is 0.333 e. The molecule has 4 unspecified atom stereocenters. The molecule has 8 N–H and O–H groups in total. The first-order chi connectivity index (χ1) is 42.0. The van der Waals surface area contributed by atoms with Crippen LogP contribution in [-0.2, 0) is 98.5 Å². The van der Waals surface area contributed by atoms with E-state index in [-0.39, 0.29) is 111 Å². The highest BCUT2D eigenvalue weighted by Gasteiger charge is 2.25. The van der Waals surface area contributed by atoms with Gasteiger partial charge in [-0.15, -0.1) is 0 Å². The maximum atomic E-state index is 12.4. The van der Waals surface area contributed by atoms with Gasteiger partial charge in [0.05, 0.1) is 52.4 Å². The summed E-state index contributed by atoms with van der Waals surface area (Å²) in [5, 5.41) is 0. The summed E-state index contributed by atoms with van der Waals surface area (Å²) >= 11 is 0. The van der Waals surface area contributed by atoms with Crippen LogP contribution < -0.4 is 41.9 Å². The molecule has 2 rings (SSSR count). The van der Waals surface area contributed by atoms with E-state index in [1.807, 2.05) is 0 Å². The number of aryl methyl sites for hydroxylation is 2. The molecular weight excluding hydrogens is 1140 g/mol. The number of carbonyl (C=O) groups is 6. The van der Waals surface area contributed by atoms with Crippen LogP contribution in [-0.4, -0.2) is 153 Å². The molecule has 0 fully saturated rings. The second kappa shape index (κ2) is 48.9. The third-order valence-corrected chi connectivity index (χ3v) is 10.3. The summed E-state index contributed by atoms with van der Waals surface area (Å²) in [7, 11) is 0. The van der Waals surface area contributed by atoms with Gasteiger partial charge < -0.3 is 98.7 Å². The van der Waals surface area contributed by atoms with Crippen molar-refractivity contribution in [2.75, 3.05) is 92.5 Å². The van der Waals surface area contributed by atoms with Gasteiger partial charge in [0, 0.05) is 92.8 Å². The van der Waals surface area contributed by atoms with E-state index in [1.54, 1.807) is 51.1 Å². The Morgan fingerprint density at radius 2 is 0.862 bits per heavy atom. The lowest BCUT2D eigenvalue weighted by atomic mass is 10.1. The van der Waals surface area contributed by atoms with Gasteiger partial charge in [-0.3, -0.25) is 9.59 Å². The number of carbonyl (C=O) groups excluding carboxylic acids is 6. The Balaban J connectivity index is 0.000000923. The van der Waals surface area contributed by atoms with Crippen molar-refractivity contribution in [2.45, 2.75) is 83.7 Å². The van der Waals surface area contributed by atoms with Crippen LogP contribution in [0.25, 0.3) is 0 Å². The van der Waals surface area contributed by atoms with Gasteiger partial charge in [0.15, 0.2) is 0 Å². The highest BCUT2D eigenvalue weighted by atomic mass is 16.6. The highest BCUT2D eigenvalue weighted by Crippen LogP contribution is 2.25. The van der Waals surface area contributed by atoms with E-state index in [0.717, 1.165) is 23.8 Å². The predicted octanol–water partition coefficient (Wildman–Crippen LogP) is 3.05. The topological polar surface area (TPSA) is 354 Å². The Labute approximate surface area is 507 Å². The molecule has 2 aromatic carbocycles. The number of ether oxygens (including phenoxy) is 16. The molecule has 0 heterocycles. The summed E-state index contributed by atoms with van der Waals surface area (Å²) in [6.45, 7) is 20.2. The normalized spacial score (nSPS) is 11.3. The van der Waals surface area contributed by atoms with Gasteiger partial charge in [0.1, 0.15) is 92.2 Å². The Morgan fingerprint density at radius 3 is 1.30 bits per heavy atom. The minimum absolute atomic E-state index is 0.000733. The molecule has 0 aromatic heterocycles. The molecule has 0 saturated heterocycles. The molecule has 474 valence electrons. The summed E-state index contributed by atoms with van der Waals surface area (Å²) in [4.78, 5) is 70.2. The fourth-order valence-corrected chi connectivity index (χ4v) is 6.52. The Bertz CT molecular complexity index is 2660. The molecule has 0 radical (unpaired) electrons. The third-order valence-electron chi connectivity index (χ3n) is 10.3. The van der Waals surface area contributed by atoms with E-state index in [4.69, 9.17) is 98.7 Å². The second-order valence-corrected chi connectivity index (χ2v) is 17.4. The number of benzene rings is 2. The molecule has 0 aliphatic carbocycles. The molecule has 0 amide bonds. The van der Waals surface area contributed by atoms with Crippen molar-refractivity contribution in [1.82, 2.24) is 0 Å². The number of nitrogens with two attached hydrogens (primary N) is 4. The minimum Gasteiger partial charge on any atom is -0.463 e. The van der Waals surface area contributed by atoms with E-state index in [2.05, 4.69) is 74.9 Å². The van der Waals surface area contributed by atoms with Gasteiger partial charge in [0.2, 0.25) is 0 Å². The van der Waals surface area contributed by atoms with Crippen molar-refractivity contribution in [2.24, 2.45) is 22.9 Å². The molecule has 4 atom stereocenters. The zero-order valence-corrected chi connectivity index (χ0v) is 49.3. The Hall–Kier alpha value is -9.38. The monoisotopic (exact) mass is 1220 g/mol. The third kappa shape index (κ3) is 39.7. The van der Waals surface area contributed by atoms with Crippen LogP contribution in [0.4, 0.5) is 0 Å². The lowest BCUT2D eigenvalue weighted by Crippen LogP contribution is -2.38. The van der Waals surface area contributed by atoms with Gasteiger partial charge in [-0.25, -0.2) is 19.2 Å². The van der Waals surface area contributed by atoms with Crippen LogP contribution in [0, 0.1) is 48.6 Å². The Kier molecular flexibility index (Phi) is 42.5. The highest BCUT2D eigenvalue weighted by molar-refractivity contribution is 5.87. The fraction of sp³-hybridized carbons (Fsp3) is 0.443. The number of hydrogen-bond donors (Lipinski definition) is 4. The van der Waals surface area contributed by atoms with E-state index in [9.17, 15) is 28.8 Å². The van der Waals surface area contributed by atoms with Crippen LogP contribution >= 0.6 is 0 Å². The summed E-state index contributed by atoms with van der Waals surface area (Å²) < 4.78 is 85.6. The lowest BCUT2D eigenvalue weighted by Gasteiger charge is -2.27. The largest absolute Gasteiger partial charge is 0.463 e. The lowest BCUT2D eigenvalue weighted by molar-refractivity contribution is -0.152. The first kappa shape index (κ1) is 75.6. The Morgan fingerprint density at radius 1 is 0.471 bits per heavy atom. The first-order valence-corrected chi connectivity index (χ1v) is 26.9. The average Bonchev–Trinajstić information content (AvgIpc) is 3.62. The van der Waals surface area contributed by atoms with E-state index >= 15 is 0 Å². The van der Waals surface area contributed by atoms with Crippen LogP contribution in [0.15, 0.2) is 86.5 Å². The molecule has 26 nitrogen and oxygen atoms in total. The van der Waals surface area contributed by atoms with Gasteiger partial charge in [0.25, 0.3) is 0 Å². The molecule has 26 heteroatoms. The van der Waals surface area contributed by atoms with E-state index in [1.165, 1.54) is 6.07 Å². The van der Waals surface area contributed by atoms with Crippen LogP contribution in [0.1, 0.15) is 57.6 Å². The van der Waals surface area contributed by atoms with Crippen LogP contribution in [0.5, 0.6) is 23.0 Å². The summed E-state index contributed by atoms with van der Waals surface area (Å²) in [5.74, 6) is -1.64. The standard InChI is InChI=1S/C35H44N2O14.C26H34N2O8/c1-4-32(38)48-18-16-43-26-31(47-20-22-50-34(40)6-3)30(46-19-21-49-33(39)5-2)9-12-42-15-17-51-35(41)8-7-27-23-28(44-13-10-36)25-29(24-27)45-14-11-37;1-19(2)26(30)36-21(4)18-32-11-5-10-31-17-20(3)35-25(29)7-6-22-14-23(33-12-8-27)16-24(15-22)34-13-9-28/h4-6,23-25,30-31H,1-3,7-9,12,15-22,26,36-37H2;14-16,20-21H,1,5-7,10-11,17-18,27-28H2,2-4H3. The molecule has 2 aromatic rings. The second-order valence-electron chi connectivity index (χ2n) is 17.4. The van der Waals surface area contributed by atoms with Crippen molar-refractivity contribution in [1.29, 1.82) is 0 Å². The molecule has 87 heavy (non-hydrogen) atoms. The maximum absolute atomic E-state index is 12.4. The van der Waals surface area contributed by atoms with Crippen LogP contribution in [0.3, 0.4) is 0 Å². The predicted molar refractivity (Wildman–Crippen MR) is 312 cm³/mol. The van der Waals surface area contributed by atoms with E-state index in [0.29, 0.717) is 66.6 Å². The summed E-state index contributed by atoms with van der Waals surface area (Å²) in [5.41, 5.74) is 22.3. The zero-order valence-electron chi connectivity index (χ0n) is 49.3. The van der Waals surface area contributed by atoms with Gasteiger partial charge in [-0.05, 0) is 81.8 Å². The summed E-state index contributed by atoms with van der Waals surface area (Å²) in [6, 6.07) is 18.4. The molecule has 0 bridgehead atoms. The fourth-order valence-electron chi connectivity index (χ4n) is 6.52. The minimum atomic E-state index is -0.710. The molecule has 0 aliphatic rings. The van der Waals surface area contributed by atoms with E-state index < -0.39 is 48.2 Å².